The highest BCUT2D eigenvalue weighted by molar-refractivity contribution is 7.09. The summed E-state index contributed by atoms with van der Waals surface area (Å²) in [5.74, 6) is 1.15. The number of nitrogens with zero attached hydrogens (tertiary/aromatic N) is 5. The fourth-order valence-electron chi connectivity index (χ4n) is 5.85. The van der Waals surface area contributed by atoms with Crippen molar-refractivity contribution < 1.29 is 9.59 Å². The van der Waals surface area contributed by atoms with Crippen molar-refractivity contribution in [2.24, 2.45) is 0 Å². The molecular formula is C33H36N6O2S. The number of hydrogen-bond acceptors (Lipinski definition) is 6. The van der Waals surface area contributed by atoms with Gasteiger partial charge in [-0.1, -0.05) is 66.7 Å². The van der Waals surface area contributed by atoms with Gasteiger partial charge < -0.3 is 20.0 Å². The highest BCUT2D eigenvalue weighted by atomic mass is 32.1. The molecule has 0 atom stereocenters. The fraction of sp³-hybridized carbons (Fsp3) is 0.333. The first-order chi connectivity index (χ1) is 20.7. The van der Waals surface area contributed by atoms with Crippen molar-refractivity contribution in [2.45, 2.75) is 24.7 Å². The molecule has 0 spiro atoms. The Hall–Kier alpha value is -4.24. The van der Waals surface area contributed by atoms with Crippen LogP contribution >= 0.6 is 11.3 Å². The molecule has 8 nitrogen and oxygen atoms in total. The zero-order valence-electron chi connectivity index (χ0n) is 23.6. The topological polar surface area (TPSA) is 81.7 Å². The van der Waals surface area contributed by atoms with Gasteiger partial charge in [0.15, 0.2) is 0 Å². The minimum absolute atomic E-state index is 0.0642. The van der Waals surface area contributed by atoms with Crippen LogP contribution in [-0.2, 0) is 0 Å². The molecule has 0 aliphatic carbocycles. The van der Waals surface area contributed by atoms with E-state index in [1.54, 1.807) is 11.3 Å². The van der Waals surface area contributed by atoms with Gasteiger partial charge >= 0.3 is 6.03 Å². The molecule has 2 saturated heterocycles. The Labute approximate surface area is 251 Å². The third kappa shape index (κ3) is 6.46. The van der Waals surface area contributed by atoms with Gasteiger partial charge in [-0.25, -0.2) is 14.8 Å². The molecule has 1 N–H and O–H groups in total. The van der Waals surface area contributed by atoms with Crippen LogP contribution in [0.3, 0.4) is 0 Å². The Morgan fingerprint density at radius 3 is 2.05 bits per heavy atom. The predicted octanol–water partition coefficient (Wildman–Crippen LogP) is 5.22. The number of amides is 3. The lowest BCUT2D eigenvalue weighted by Crippen LogP contribution is -2.54. The number of thiazole rings is 1. The molecule has 2 aliphatic heterocycles. The smallest absolute Gasteiger partial charge is 0.320 e. The molecular weight excluding hydrogens is 544 g/mol. The first kappa shape index (κ1) is 27.9. The maximum atomic E-state index is 13.2. The van der Waals surface area contributed by atoms with Crippen molar-refractivity contribution in [1.82, 2.24) is 25.1 Å². The van der Waals surface area contributed by atoms with Gasteiger partial charge in [0.05, 0.1) is 5.01 Å². The molecule has 4 aromatic rings. The van der Waals surface area contributed by atoms with Gasteiger partial charge in [0.1, 0.15) is 11.5 Å². The van der Waals surface area contributed by atoms with Crippen molar-refractivity contribution in [3.8, 4) is 0 Å². The van der Waals surface area contributed by atoms with E-state index in [4.69, 9.17) is 4.98 Å². The number of likely N-dealkylation sites (tertiary alicyclic amines) is 1. The molecule has 0 bridgehead atoms. The number of rotatable bonds is 7. The van der Waals surface area contributed by atoms with Crippen LogP contribution in [0.15, 0.2) is 90.4 Å². The lowest BCUT2D eigenvalue weighted by molar-refractivity contribution is 0.0948. The van der Waals surface area contributed by atoms with E-state index in [9.17, 15) is 9.59 Å². The lowest BCUT2D eigenvalue weighted by Gasteiger charge is -2.39. The summed E-state index contributed by atoms with van der Waals surface area (Å²) in [6.45, 7) is 4.91. The minimum Gasteiger partial charge on any atom is -0.353 e. The summed E-state index contributed by atoms with van der Waals surface area (Å²) in [7, 11) is 0. The number of urea groups is 1. The van der Waals surface area contributed by atoms with Crippen LogP contribution in [0, 0.1) is 0 Å². The van der Waals surface area contributed by atoms with E-state index in [1.807, 2.05) is 76.0 Å². The first-order valence-corrected chi connectivity index (χ1v) is 15.6. The Kier molecular flexibility index (Phi) is 8.75. The third-order valence-corrected chi connectivity index (χ3v) is 9.27. The van der Waals surface area contributed by atoms with E-state index >= 15 is 0 Å². The van der Waals surface area contributed by atoms with Crippen molar-refractivity contribution in [3.63, 3.8) is 0 Å². The number of carbonyl (C=O) groups excluding carboxylic acids is 2. The average molecular weight is 581 g/mol. The average Bonchev–Trinajstić information content (AvgIpc) is 3.57. The van der Waals surface area contributed by atoms with Crippen LogP contribution in [0.5, 0.6) is 0 Å². The van der Waals surface area contributed by atoms with Crippen LogP contribution in [0.4, 0.5) is 10.6 Å². The molecule has 2 aromatic heterocycles. The van der Waals surface area contributed by atoms with E-state index in [2.05, 4.69) is 39.5 Å². The molecule has 4 heterocycles. The van der Waals surface area contributed by atoms with Gasteiger partial charge in [-0.2, -0.15) is 0 Å². The predicted molar refractivity (Wildman–Crippen MR) is 166 cm³/mol. The zero-order chi connectivity index (χ0) is 28.7. The van der Waals surface area contributed by atoms with Crippen molar-refractivity contribution in [1.29, 1.82) is 0 Å². The highest BCUT2D eigenvalue weighted by Gasteiger charge is 2.30. The Morgan fingerprint density at radius 2 is 1.43 bits per heavy atom. The maximum absolute atomic E-state index is 13.2. The molecule has 6 rings (SSSR count). The SMILES string of the molecule is O=C(NCC(c1ccccc1)c1ccccc1)c1csc(C2CCN(C(=O)N3CCN(c4ccccn4)CC3)CC2)n1. The number of anilines is 1. The fourth-order valence-corrected chi connectivity index (χ4v) is 6.82. The largest absolute Gasteiger partial charge is 0.353 e. The number of pyridine rings is 1. The standard InChI is InChI=1S/C33H36N6O2S/c40-31(35-23-28(25-9-3-1-4-10-25)26-11-5-2-6-12-26)29-24-42-32(36-29)27-14-17-38(18-15-27)33(41)39-21-19-37(20-22-39)30-13-7-8-16-34-30/h1-13,16,24,27-28H,14-15,17-23H2,(H,35,40). The maximum Gasteiger partial charge on any atom is 0.320 e. The van der Waals surface area contributed by atoms with E-state index in [0.717, 1.165) is 36.8 Å². The number of carbonyl (C=O) groups is 2. The third-order valence-electron chi connectivity index (χ3n) is 8.26. The molecule has 0 radical (unpaired) electrons. The van der Waals surface area contributed by atoms with Gasteiger partial charge in [0, 0.05) is 69.2 Å². The van der Waals surface area contributed by atoms with Crippen LogP contribution in [0.25, 0.3) is 0 Å². The summed E-state index contributed by atoms with van der Waals surface area (Å²) in [5, 5.41) is 5.97. The van der Waals surface area contributed by atoms with Crippen LogP contribution < -0.4 is 10.2 Å². The molecule has 216 valence electrons. The summed E-state index contributed by atoms with van der Waals surface area (Å²) in [6.07, 6.45) is 3.53. The van der Waals surface area contributed by atoms with Gasteiger partial charge in [-0.3, -0.25) is 4.79 Å². The Balaban J connectivity index is 0.998. The van der Waals surface area contributed by atoms with Gasteiger partial charge in [-0.15, -0.1) is 11.3 Å². The van der Waals surface area contributed by atoms with Gasteiger partial charge in [0.2, 0.25) is 0 Å². The van der Waals surface area contributed by atoms with Crippen LogP contribution in [0.1, 0.15) is 51.3 Å². The summed E-state index contributed by atoms with van der Waals surface area (Å²) in [6, 6.07) is 26.6. The molecule has 0 unspecified atom stereocenters. The molecule has 9 heteroatoms. The Bertz CT molecular complexity index is 1410. The van der Waals surface area contributed by atoms with Crippen LogP contribution in [0.2, 0.25) is 0 Å². The number of aromatic nitrogens is 2. The summed E-state index contributed by atoms with van der Waals surface area (Å²) < 4.78 is 0. The number of piperidine rings is 1. The first-order valence-electron chi connectivity index (χ1n) is 14.7. The second-order valence-corrected chi connectivity index (χ2v) is 11.8. The van der Waals surface area contributed by atoms with E-state index in [1.165, 1.54) is 11.1 Å². The summed E-state index contributed by atoms with van der Waals surface area (Å²) in [4.78, 5) is 41.7. The Morgan fingerprint density at radius 1 is 0.810 bits per heavy atom. The molecule has 2 fully saturated rings. The number of nitrogens with one attached hydrogen (secondary N) is 1. The molecule has 3 amide bonds. The van der Waals surface area contributed by atoms with Gasteiger partial charge in [-0.05, 0) is 36.1 Å². The quantitative estimate of drug-likeness (QED) is 0.324. The lowest BCUT2D eigenvalue weighted by atomic mass is 9.91. The number of benzene rings is 2. The monoisotopic (exact) mass is 580 g/mol. The van der Waals surface area contributed by atoms with Crippen LogP contribution in [-0.4, -0.2) is 77.5 Å². The normalized spacial score (nSPS) is 16.1. The van der Waals surface area contributed by atoms with Crippen molar-refractivity contribution in [2.75, 3.05) is 50.7 Å². The highest BCUT2D eigenvalue weighted by Crippen LogP contribution is 2.31. The van der Waals surface area contributed by atoms with E-state index in [0.29, 0.717) is 38.4 Å². The van der Waals surface area contributed by atoms with Gasteiger partial charge in [0.25, 0.3) is 5.91 Å². The van der Waals surface area contributed by atoms with Crippen molar-refractivity contribution >= 4 is 29.1 Å². The summed E-state index contributed by atoms with van der Waals surface area (Å²) >= 11 is 1.55. The minimum atomic E-state index is -0.146. The second kappa shape index (κ2) is 13.2. The molecule has 0 saturated carbocycles. The van der Waals surface area contributed by atoms with Crippen molar-refractivity contribution in [3.05, 3.63) is 112 Å². The molecule has 2 aromatic carbocycles. The summed E-state index contributed by atoms with van der Waals surface area (Å²) in [5.41, 5.74) is 2.80. The van der Waals surface area contributed by atoms with E-state index < -0.39 is 0 Å². The molecule has 42 heavy (non-hydrogen) atoms. The number of piperazine rings is 1. The van der Waals surface area contributed by atoms with E-state index in [-0.39, 0.29) is 23.8 Å². The zero-order valence-corrected chi connectivity index (χ0v) is 24.5. The molecule has 2 aliphatic rings. The number of hydrogen-bond donors (Lipinski definition) is 1. The second-order valence-electron chi connectivity index (χ2n) is 10.9.